The number of hydrogen-bond donors (Lipinski definition) is 3. The molecular weight excluding hydrogens is 701 g/mol. The van der Waals surface area contributed by atoms with Gasteiger partial charge < -0.3 is 20.1 Å². The first kappa shape index (κ1) is 52.0. The third kappa shape index (κ3) is 41.1. The molecule has 0 aliphatic heterocycles. The van der Waals surface area contributed by atoms with Crippen molar-refractivity contribution < 1.29 is 37.9 Å². The molecule has 2 unspecified atom stereocenters. The average molecular weight is 782 g/mol. The van der Waals surface area contributed by atoms with Gasteiger partial charge in [0.25, 0.3) is 0 Å². The number of amides is 1. The molecule has 0 aliphatic rings. The SMILES string of the molecule is CCCCC/C=C\C/C=C\C/C=C\C/C=C\CCCC(=O)OCC(O)COP(=O)(O)OCCNC(=O)CCCCCCCCCCCCCCCCCC. The molecule has 0 aromatic heterocycles. The van der Waals surface area contributed by atoms with E-state index in [0.29, 0.717) is 12.8 Å². The van der Waals surface area contributed by atoms with Crippen LogP contribution in [0.2, 0.25) is 0 Å². The number of aliphatic hydroxyl groups excluding tert-OH is 1. The fourth-order valence-corrected chi connectivity index (χ4v) is 6.48. The molecule has 10 heteroatoms. The minimum atomic E-state index is -4.43. The molecule has 0 saturated heterocycles. The monoisotopic (exact) mass is 782 g/mol. The second-order valence-corrected chi connectivity index (χ2v) is 15.8. The van der Waals surface area contributed by atoms with Crippen molar-refractivity contribution in [2.75, 3.05) is 26.4 Å². The molecule has 0 aromatic carbocycles. The number of unbranched alkanes of at least 4 members (excludes halogenated alkanes) is 19. The molecule has 1 amide bonds. The molecule has 0 radical (unpaired) electrons. The highest BCUT2D eigenvalue weighted by Gasteiger charge is 2.23. The van der Waals surface area contributed by atoms with Gasteiger partial charge in [-0.15, -0.1) is 0 Å². The predicted molar refractivity (Wildman–Crippen MR) is 224 cm³/mol. The second kappa shape index (κ2) is 40.6. The number of carbonyl (C=O) groups excluding carboxylic acids is 2. The summed E-state index contributed by atoms with van der Waals surface area (Å²) in [6.07, 6.45) is 46.2. The van der Waals surface area contributed by atoms with Crippen LogP contribution in [0.1, 0.15) is 187 Å². The molecule has 2 atom stereocenters. The summed E-state index contributed by atoms with van der Waals surface area (Å²) >= 11 is 0. The fourth-order valence-electron chi connectivity index (χ4n) is 5.73. The Morgan fingerprint density at radius 2 is 1.02 bits per heavy atom. The summed E-state index contributed by atoms with van der Waals surface area (Å²) in [5.41, 5.74) is 0. The van der Waals surface area contributed by atoms with Crippen LogP contribution >= 0.6 is 7.82 Å². The quantitative estimate of drug-likeness (QED) is 0.0242. The van der Waals surface area contributed by atoms with Crippen molar-refractivity contribution in [1.29, 1.82) is 0 Å². The molecule has 0 aliphatic carbocycles. The van der Waals surface area contributed by atoms with Gasteiger partial charge in [-0.25, -0.2) is 4.57 Å². The van der Waals surface area contributed by atoms with E-state index in [1.165, 1.54) is 109 Å². The summed E-state index contributed by atoms with van der Waals surface area (Å²) in [5, 5.41) is 12.7. The van der Waals surface area contributed by atoms with Crippen LogP contribution in [-0.2, 0) is 27.9 Å². The molecule has 0 heterocycles. The number of aliphatic hydroxyl groups is 1. The van der Waals surface area contributed by atoms with E-state index in [-0.39, 0.29) is 32.1 Å². The zero-order valence-corrected chi connectivity index (χ0v) is 35.3. The Kier molecular flexibility index (Phi) is 39.1. The van der Waals surface area contributed by atoms with E-state index in [1.54, 1.807) is 0 Å². The molecule has 0 aromatic rings. The van der Waals surface area contributed by atoms with Gasteiger partial charge in [0.2, 0.25) is 5.91 Å². The normalized spacial score (nSPS) is 13.8. The summed E-state index contributed by atoms with van der Waals surface area (Å²) in [7, 11) is -4.43. The lowest BCUT2D eigenvalue weighted by molar-refractivity contribution is -0.147. The van der Waals surface area contributed by atoms with E-state index in [0.717, 1.165) is 44.9 Å². The van der Waals surface area contributed by atoms with Crippen LogP contribution < -0.4 is 5.32 Å². The van der Waals surface area contributed by atoms with E-state index in [9.17, 15) is 24.2 Å². The topological polar surface area (TPSA) is 131 Å². The van der Waals surface area contributed by atoms with Gasteiger partial charge in [0.05, 0.1) is 13.2 Å². The number of allylic oxidation sites excluding steroid dienone is 8. The van der Waals surface area contributed by atoms with E-state index in [1.807, 2.05) is 6.08 Å². The maximum absolute atomic E-state index is 12.1. The first-order valence-electron chi connectivity index (χ1n) is 21.6. The van der Waals surface area contributed by atoms with Gasteiger partial charge in [0, 0.05) is 19.4 Å². The lowest BCUT2D eigenvalue weighted by Gasteiger charge is -2.15. The lowest BCUT2D eigenvalue weighted by atomic mass is 10.0. The van der Waals surface area contributed by atoms with Gasteiger partial charge in [0.15, 0.2) is 0 Å². The highest BCUT2D eigenvalue weighted by atomic mass is 31.2. The van der Waals surface area contributed by atoms with E-state index in [4.69, 9.17) is 13.8 Å². The Balaban J connectivity index is 3.67. The molecule has 0 bridgehead atoms. The molecule has 9 nitrogen and oxygen atoms in total. The number of hydrogen-bond acceptors (Lipinski definition) is 7. The van der Waals surface area contributed by atoms with E-state index in [2.05, 4.69) is 61.7 Å². The summed E-state index contributed by atoms with van der Waals surface area (Å²) < 4.78 is 26.8. The van der Waals surface area contributed by atoms with Crippen LogP contribution in [0.15, 0.2) is 48.6 Å². The molecule has 0 saturated carbocycles. The second-order valence-electron chi connectivity index (χ2n) is 14.3. The summed E-state index contributed by atoms with van der Waals surface area (Å²) in [6.45, 7) is 3.47. The number of ether oxygens (including phenoxy) is 1. The number of phosphoric acid groups is 1. The number of carbonyl (C=O) groups is 2. The average Bonchev–Trinajstić information content (AvgIpc) is 3.16. The smallest absolute Gasteiger partial charge is 0.463 e. The van der Waals surface area contributed by atoms with Crippen LogP contribution in [0.5, 0.6) is 0 Å². The van der Waals surface area contributed by atoms with Crippen molar-refractivity contribution in [3.05, 3.63) is 48.6 Å². The Morgan fingerprint density at radius 1 is 0.574 bits per heavy atom. The Labute approximate surface area is 330 Å². The van der Waals surface area contributed by atoms with Crippen molar-refractivity contribution in [2.24, 2.45) is 0 Å². The number of rotatable bonds is 40. The minimum absolute atomic E-state index is 0.0762. The van der Waals surface area contributed by atoms with E-state index < -0.39 is 26.5 Å². The third-order valence-corrected chi connectivity index (χ3v) is 10.00. The molecular formula is C44H80NO8P. The van der Waals surface area contributed by atoms with Gasteiger partial charge in [-0.2, -0.15) is 0 Å². The fraction of sp³-hybridized carbons (Fsp3) is 0.773. The Morgan fingerprint density at radius 3 is 1.54 bits per heavy atom. The van der Waals surface area contributed by atoms with Gasteiger partial charge >= 0.3 is 13.8 Å². The zero-order chi connectivity index (χ0) is 39.6. The highest BCUT2D eigenvalue weighted by Crippen LogP contribution is 2.42. The van der Waals surface area contributed by atoms with Gasteiger partial charge in [-0.1, -0.05) is 172 Å². The van der Waals surface area contributed by atoms with Crippen LogP contribution in [0.3, 0.4) is 0 Å². The van der Waals surface area contributed by atoms with Crippen molar-refractivity contribution in [3.63, 3.8) is 0 Å². The molecule has 54 heavy (non-hydrogen) atoms. The van der Waals surface area contributed by atoms with Crippen LogP contribution in [0.4, 0.5) is 0 Å². The van der Waals surface area contributed by atoms with Gasteiger partial charge in [-0.05, 0) is 51.4 Å². The molecule has 3 N–H and O–H groups in total. The first-order chi connectivity index (χ1) is 26.3. The molecule has 0 rings (SSSR count). The minimum Gasteiger partial charge on any atom is -0.463 e. The standard InChI is InChI=1S/C44H80NO8P/c1-3-5-7-9-11-13-15-17-19-21-23-25-27-29-31-33-35-37-44(48)51-40-42(46)41-53-54(49,50)52-39-38-45-43(47)36-34-32-30-28-26-24-22-20-18-16-14-12-10-8-6-4-2/h11,13,17,19,23,25,29,31,42,46H,3-10,12,14-16,18,20-22,24,26-28,30,32-41H2,1-2H3,(H,45,47)(H,49,50)/b13-11-,19-17-,25-23-,31-29-. The van der Waals surface area contributed by atoms with Crippen LogP contribution in [-0.4, -0.2) is 54.3 Å². The number of nitrogens with one attached hydrogen (secondary N) is 1. The maximum atomic E-state index is 12.1. The number of phosphoric ester groups is 1. The Hall–Kier alpha value is -2.03. The zero-order valence-electron chi connectivity index (χ0n) is 34.4. The molecule has 0 fully saturated rings. The molecule has 0 spiro atoms. The van der Waals surface area contributed by atoms with Gasteiger partial charge in [0.1, 0.15) is 12.7 Å². The van der Waals surface area contributed by atoms with Crippen LogP contribution in [0, 0.1) is 0 Å². The summed E-state index contributed by atoms with van der Waals surface area (Å²) in [4.78, 5) is 33.9. The van der Waals surface area contributed by atoms with Gasteiger partial charge in [-0.3, -0.25) is 18.6 Å². The highest BCUT2D eigenvalue weighted by molar-refractivity contribution is 7.47. The summed E-state index contributed by atoms with van der Waals surface area (Å²) in [5.74, 6) is -0.572. The number of esters is 1. The van der Waals surface area contributed by atoms with E-state index >= 15 is 0 Å². The Bertz CT molecular complexity index is 1030. The van der Waals surface area contributed by atoms with Crippen molar-refractivity contribution in [2.45, 2.75) is 193 Å². The first-order valence-corrected chi connectivity index (χ1v) is 23.1. The van der Waals surface area contributed by atoms with Crippen molar-refractivity contribution >= 4 is 19.7 Å². The van der Waals surface area contributed by atoms with Crippen molar-refractivity contribution in [3.8, 4) is 0 Å². The maximum Gasteiger partial charge on any atom is 0.472 e. The third-order valence-electron chi connectivity index (χ3n) is 9.01. The largest absolute Gasteiger partial charge is 0.472 e. The summed E-state index contributed by atoms with van der Waals surface area (Å²) in [6, 6.07) is 0. The molecule has 314 valence electrons. The van der Waals surface area contributed by atoms with Crippen LogP contribution in [0.25, 0.3) is 0 Å². The predicted octanol–water partition coefficient (Wildman–Crippen LogP) is 11.9. The van der Waals surface area contributed by atoms with Crippen molar-refractivity contribution in [1.82, 2.24) is 5.32 Å². The lowest BCUT2D eigenvalue weighted by Crippen LogP contribution is -2.27.